The summed E-state index contributed by atoms with van der Waals surface area (Å²) < 4.78 is 0. The van der Waals surface area contributed by atoms with Crippen LogP contribution < -0.4 is 0 Å². The zero-order valence-corrected chi connectivity index (χ0v) is 11.6. The molecule has 2 aromatic carbocycles. The third-order valence-corrected chi connectivity index (χ3v) is 3.58. The van der Waals surface area contributed by atoms with Crippen LogP contribution in [0.2, 0.25) is 10.0 Å². The van der Waals surface area contributed by atoms with Crippen LogP contribution in [0.15, 0.2) is 30.3 Å². The fourth-order valence-corrected chi connectivity index (χ4v) is 2.35. The second-order valence-electron chi connectivity index (χ2n) is 4.27. The molecule has 0 aliphatic heterocycles. The topological polar surface area (TPSA) is 17.1 Å². The molecule has 0 saturated carbocycles. The number of carbonyl (C=O) groups excluding carboxylic acids is 1. The van der Waals surface area contributed by atoms with E-state index < -0.39 is 0 Å². The lowest BCUT2D eigenvalue weighted by molar-refractivity contribution is 0.112. The van der Waals surface area contributed by atoms with E-state index in [0.717, 1.165) is 33.6 Å². The van der Waals surface area contributed by atoms with Crippen molar-refractivity contribution in [3.63, 3.8) is 0 Å². The van der Waals surface area contributed by atoms with E-state index in [-0.39, 0.29) is 0 Å². The van der Waals surface area contributed by atoms with E-state index in [1.54, 1.807) is 12.1 Å². The molecule has 0 radical (unpaired) electrons. The van der Waals surface area contributed by atoms with Gasteiger partial charge in [-0.3, -0.25) is 4.79 Å². The summed E-state index contributed by atoms with van der Waals surface area (Å²) in [7, 11) is 0. The van der Waals surface area contributed by atoms with Crippen LogP contribution in [0.1, 0.15) is 21.5 Å². The first-order valence-corrected chi connectivity index (χ1v) is 6.30. The van der Waals surface area contributed by atoms with Crippen LogP contribution in [0, 0.1) is 13.8 Å². The van der Waals surface area contributed by atoms with Gasteiger partial charge in [-0.05, 0) is 60.4 Å². The molecule has 0 unspecified atom stereocenters. The molecule has 0 saturated heterocycles. The summed E-state index contributed by atoms with van der Waals surface area (Å²) in [6.07, 6.45) is 0.824. The molecule has 0 amide bonds. The first kappa shape index (κ1) is 13.1. The van der Waals surface area contributed by atoms with Crippen molar-refractivity contribution in [2.75, 3.05) is 0 Å². The van der Waals surface area contributed by atoms with Gasteiger partial charge < -0.3 is 0 Å². The molecular weight excluding hydrogens is 267 g/mol. The van der Waals surface area contributed by atoms with Gasteiger partial charge in [0.15, 0.2) is 6.29 Å². The van der Waals surface area contributed by atoms with Gasteiger partial charge in [-0.25, -0.2) is 0 Å². The summed E-state index contributed by atoms with van der Waals surface area (Å²) in [4.78, 5) is 11.1. The Kier molecular flexibility index (Phi) is 3.74. The predicted molar refractivity (Wildman–Crippen MR) is 76.8 cm³/mol. The van der Waals surface area contributed by atoms with Gasteiger partial charge in [0.1, 0.15) is 0 Å². The van der Waals surface area contributed by atoms with Gasteiger partial charge in [-0.2, -0.15) is 0 Å². The third-order valence-electron chi connectivity index (χ3n) is 2.94. The first-order chi connectivity index (χ1) is 8.52. The van der Waals surface area contributed by atoms with E-state index in [1.807, 2.05) is 32.0 Å². The van der Waals surface area contributed by atoms with Crippen molar-refractivity contribution < 1.29 is 4.79 Å². The summed E-state index contributed by atoms with van der Waals surface area (Å²) >= 11 is 12.0. The highest BCUT2D eigenvalue weighted by Gasteiger charge is 2.10. The molecule has 0 fully saturated rings. The summed E-state index contributed by atoms with van der Waals surface area (Å²) in [5.74, 6) is 0. The van der Waals surface area contributed by atoms with Gasteiger partial charge in [0.2, 0.25) is 0 Å². The lowest BCUT2D eigenvalue weighted by atomic mass is 9.95. The summed E-state index contributed by atoms with van der Waals surface area (Å²) in [6.45, 7) is 3.92. The number of rotatable bonds is 2. The Morgan fingerprint density at radius 3 is 2.33 bits per heavy atom. The molecule has 2 rings (SSSR count). The lowest BCUT2D eigenvalue weighted by Gasteiger charge is -2.11. The minimum absolute atomic E-state index is 0.559. The Labute approximate surface area is 116 Å². The lowest BCUT2D eigenvalue weighted by Crippen LogP contribution is -1.92. The molecule has 1 nitrogen and oxygen atoms in total. The number of aryl methyl sites for hydroxylation is 2. The Bertz CT molecular complexity index is 618. The van der Waals surface area contributed by atoms with E-state index in [0.29, 0.717) is 10.6 Å². The SMILES string of the molecule is Cc1cc(-c2ccc(Cl)cc2C=O)c(C)cc1Cl. The monoisotopic (exact) mass is 278 g/mol. The van der Waals surface area contributed by atoms with E-state index >= 15 is 0 Å². The molecule has 0 aliphatic rings. The van der Waals surface area contributed by atoms with Crippen molar-refractivity contribution >= 4 is 29.5 Å². The normalized spacial score (nSPS) is 10.4. The molecule has 0 N–H and O–H groups in total. The van der Waals surface area contributed by atoms with Crippen molar-refractivity contribution in [1.29, 1.82) is 0 Å². The molecule has 0 spiro atoms. The average Bonchev–Trinajstić information content (AvgIpc) is 2.34. The minimum Gasteiger partial charge on any atom is -0.298 e. The van der Waals surface area contributed by atoms with Crippen LogP contribution in [-0.2, 0) is 0 Å². The van der Waals surface area contributed by atoms with Gasteiger partial charge in [0, 0.05) is 15.6 Å². The zero-order chi connectivity index (χ0) is 13.3. The van der Waals surface area contributed by atoms with Crippen LogP contribution in [0.25, 0.3) is 11.1 Å². The minimum atomic E-state index is 0.559. The summed E-state index contributed by atoms with van der Waals surface area (Å²) in [6, 6.07) is 9.23. The highest BCUT2D eigenvalue weighted by Crippen LogP contribution is 2.31. The molecule has 92 valence electrons. The maximum Gasteiger partial charge on any atom is 0.150 e. The van der Waals surface area contributed by atoms with E-state index in [2.05, 4.69) is 0 Å². The molecule has 0 heterocycles. The highest BCUT2D eigenvalue weighted by molar-refractivity contribution is 6.31. The molecule has 2 aromatic rings. The average molecular weight is 279 g/mol. The fourth-order valence-electron chi connectivity index (χ4n) is 1.95. The first-order valence-electron chi connectivity index (χ1n) is 5.55. The van der Waals surface area contributed by atoms with Gasteiger partial charge in [-0.15, -0.1) is 0 Å². The van der Waals surface area contributed by atoms with Gasteiger partial charge in [0.25, 0.3) is 0 Å². The van der Waals surface area contributed by atoms with Crippen molar-refractivity contribution in [3.05, 3.63) is 57.1 Å². The predicted octanol–water partition coefficient (Wildman–Crippen LogP) is 5.09. The molecular formula is C15H12Cl2O. The third kappa shape index (κ3) is 2.43. The second-order valence-corrected chi connectivity index (χ2v) is 5.11. The van der Waals surface area contributed by atoms with Crippen molar-refractivity contribution in [2.24, 2.45) is 0 Å². The molecule has 0 aromatic heterocycles. The van der Waals surface area contributed by atoms with E-state index in [9.17, 15) is 4.79 Å². The number of aldehydes is 1. The molecule has 18 heavy (non-hydrogen) atoms. The van der Waals surface area contributed by atoms with Gasteiger partial charge in [-0.1, -0.05) is 29.3 Å². The largest absolute Gasteiger partial charge is 0.298 e. The number of benzene rings is 2. The van der Waals surface area contributed by atoms with Crippen LogP contribution >= 0.6 is 23.2 Å². The number of halogens is 2. The van der Waals surface area contributed by atoms with Crippen molar-refractivity contribution in [3.8, 4) is 11.1 Å². The number of carbonyl (C=O) groups is 1. The smallest absolute Gasteiger partial charge is 0.150 e. The second kappa shape index (κ2) is 5.13. The summed E-state index contributed by atoms with van der Waals surface area (Å²) in [5, 5.41) is 1.29. The van der Waals surface area contributed by atoms with Crippen LogP contribution in [-0.4, -0.2) is 6.29 Å². The molecule has 3 heteroatoms. The quantitative estimate of drug-likeness (QED) is 0.700. The maximum atomic E-state index is 11.1. The molecule has 0 bridgehead atoms. The van der Waals surface area contributed by atoms with E-state index in [4.69, 9.17) is 23.2 Å². The van der Waals surface area contributed by atoms with E-state index in [1.165, 1.54) is 0 Å². The molecule has 0 atom stereocenters. The Morgan fingerprint density at radius 2 is 1.67 bits per heavy atom. The van der Waals surface area contributed by atoms with Gasteiger partial charge >= 0.3 is 0 Å². The van der Waals surface area contributed by atoms with Crippen LogP contribution in [0.3, 0.4) is 0 Å². The Hall–Kier alpha value is -1.31. The standard InChI is InChI=1S/C15H12Cl2O/c1-9-6-15(17)10(2)5-14(9)13-4-3-12(16)7-11(13)8-18/h3-8H,1-2H3. The number of hydrogen-bond donors (Lipinski definition) is 0. The number of hydrogen-bond acceptors (Lipinski definition) is 1. The van der Waals surface area contributed by atoms with Gasteiger partial charge in [0.05, 0.1) is 0 Å². The zero-order valence-electron chi connectivity index (χ0n) is 10.1. The van der Waals surface area contributed by atoms with Crippen molar-refractivity contribution in [2.45, 2.75) is 13.8 Å². The maximum absolute atomic E-state index is 11.1. The Balaban J connectivity index is 2.69. The highest BCUT2D eigenvalue weighted by atomic mass is 35.5. The fraction of sp³-hybridized carbons (Fsp3) is 0.133. The van der Waals surface area contributed by atoms with Crippen LogP contribution in [0.5, 0.6) is 0 Å². The Morgan fingerprint density at radius 1 is 0.944 bits per heavy atom. The van der Waals surface area contributed by atoms with Crippen LogP contribution in [0.4, 0.5) is 0 Å². The summed E-state index contributed by atoms with van der Waals surface area (Å²) in [5.41, 5.74) is 4.51. The molecule has 0 aliphatic carbocycles. The van der Waals surface area contributed by atoms with Crippen molar-refractivity contribution in [1.82, 2.24) is 0 Å².